The zero-order valence-electron chi connectivity index (χ0n) is 16.2. The summed E-state index contributed by atoms with van der Waals surface area (Å²) in [7, 11) is 3.95. The number of ether oxygens (including phenoxy) is 2. The molecule has 0 radical (unpaired) electrons. The normalized spacial score (nSPS) is 24.7. The largest absolute Gasteiger partial charge is 0.381 e. The molecule has 1 saturated carbocycles. The van der Waals surface area contributed by atoms with E-state index in [1.54, 1.807) is 7.11 Å². The van der Waals surface area contributed by atoms with E-state index in [1.165, 1.54) is 18.7 Å². The highest BCUT2D eigenvalue weighted by molar-refractivity contribution is 4.87. The Balaban J connectivity index is 0.000000449. The molecule has 1 saturated heterocycles. The van der Waals surface area contributed by atoms with E-state index in [4.69, 9.17) is 9.47 Å². The lowest BCUT2D eigenvalue weighted by Gasteiger charge is -2.27. The van der Waals surface area contributed by atoms with Gasteiger partial charge in [-0.05, 0) is 46.1 Å². The van der Waals surface area contributed by atoms with Crippen LogP contribution in [-0.4, -0.2) is 64.1 Å². The SMILES string of the molecule is C=C(C)CCOC1CCC(OC)CC1.CC.CN1CCNCC1. The summed E-state index contributed by atoms with van der Waals surface area (Å²) in [5, 5.41) is 3.27. The Kier molecular flexibility index (Phi) is 14.9. The van der Waals surface area contributed by atoms with Crippen molar-refractivity contribution in [1.29, 1.82) is 0 Å². The highest BCUT2D eigenvalue weighted by Gasteiger charge is 2.20. The first-order valence-corrected chi connectivity index (χ1v) is 9.30. The van der Waals surface area contributed by atoms with E-state index in [2.05, 4.69) is 23.8 Å². The number of hydrogen-bond acceptors (Lipinski definition) is 4. The van der Waals surface area contributed by atoms with Crippen molar-refractivity contribution < 1.29 is 9.47 Å². The van der Waals surface area contributed by atoms with E-state index in [9.17, 15) is 0 Å². The molecule has 2 aliphatic rings. The summed E-state index contributed by atoms with van der Waals surface area (Å²) in [6.45, 7) is 15.5. The summed E-state index contributed by atoms with van der Waals surface area (Å²) in [5.74, 6) is 0. The van der Waals surface area contributed by atoms with Crippen LogP contribution in [0.25, 0.3) is 0 Å². The lowest BCUT2D eigenvalue weighted by Crippen LogP contribution is -2.40. The maximum absolute atomic E-state index is 5.77. The third-order valence-corrected chi connectivity index (χ3v) is 4.18. The number of nitrogens with one attached hydrogen (secondary N) is 1. The van der Waals surface area contributed by atoms with Crippen LogP contribution in [0.5, 0.6) is 0 Å². The van der Waals surface area contributed by atoms with Crippen molar-refractivity contribution in [2.45, 2.75) is 65.1 Å². The lowest BCUT2D eigenvalue weighted by molar-refractivity contribution is -0.0152. The number of methoxy groups -OCH3 is 1. The Morgan fingerprint density at radius 1 is 1.09 bits per heavy atom. The summed E-state index contributed by atoms with van der Waals surface area (Å²) < 4.78 is 11.1. The molecule has 138 valence electrons. The number of likely N-dealkylation sites (N-methyl/N-ethyl adjacent to an activating group) is 1. The van der Waals surface area contributed by atoms with Gasteiger partial charge >= 0.3 is 0 Å². The predicted molar refractivity (Wildman–Crippen MR) is 100 cm³/mol. The molecule has 0 bridgehead atoms. The van der Waals surface area contributed by atoms with E-state index in [0.717, 1.165) is 51.8 Å². The maximum Gasteiger partial charge on any atom is 0.0577 e. The molecule has 4 heteroatoms. The fraction of sp³-hybridized carbons (Fsp3) is 0.895. The van der Waals surface area contributed by atoms with Crippen molar-refractivity contribution in [3.63, 3.8) is 0 Å². The molecule has 0 aromatic carbocycles. The van der Waals surface area contributed by atoms with E-state index in [1.807, 2.05) is 20.8 Å². The van der Waals surface area contributed by atoms with Gasteiger partial charge in [-0.15, -0.1) is 6.58 Å². The van der Waals surface area contributed by atoms with Crippen LogP contribution in [0.3, 0.4) is 0 Å². The Labute approximate surface area is 144 Å². The van der Waals surface area contributed by atoms with Crippen molar-refractivity contribution in [3.8, 4) is 0 Å². The standard InChI is InChI=1S/C12H22O2.C5H12N2.C2H6/c1-10(2)8-9-14-12-6-4-11(13-3)5-7-12;1-7-4-2-6-3-5-7;1-2/h11-12H,1,4-9H2,2-3H3;6H,2-5H2,1H3;1-2H3. The minimum Gasteiger partial charge on any atom is -0.381 e. The van der Waals surface area contributed by atoms with Crippen LogP contribution in [0.4, 0.5) is 0 Å². The smallest absolute Gasteiger partial charge is 0.0577 e. The molecule has 0 spiro atoms. The van der Waals surface area contributed by atoms with Crippen molar-refractivity contribution >= 4 is 0 Å². The average Bonchev–Trinajstić information content (AvgIpc) is 2.58. The first-order valence-electron chi connectivity index (χ1n) is 9.30. The predicted octanol–water partition coefficient (Wildman–Crippen LogP) is 3.47. The average molecular weight is 329 g/mol. The Hall–Kier alpha value is -0.420. The zero-order chi connectivity index (χ0) is 17.5. The topological polar surface area (TPSA) is 33.7 Å². The van der Waals surface area contributed by atoms with Gasteiger partial charge in [-0.25, -0.2) is 0 Å². The third kappa shape index (κ3) is 12.6. The first kappa shape index (κ1) is 22.6. The molecule has 1 heterocycles. The molecule has 1 N–H and O–H groups in total. The van der Waals surface area contributed by atoms with Gasteiger partial charge in [-0.2, -0.15) is 0 Å². The lowest BCUT2D eigenvalue weighted by atomic mass is 9.95. The highest BCUT2D eigenvalue weighted by Crippen LogP contribution is 2.23. The van der Waals surface area contributed by atoms with E-state index in [0.29, 0.717) is 12.2 Å². The number of piperazine rings is 1. The second-order valence-electron chi connectivity index (χ2n) is 6.27. The Morgan fingerprint density at radius 2 is 1.61 bits per heavy atom. The van der Waals surface area contributed by atoms with Crippen molar-refractivity contribution in [2.75, 3.05) is 46.9 Å². The monoisotopic (exact) mass is 328 g/mol. The summed E-state index contributed by atoms with van der Waals surface area (Å²) in [6.07, 6.45) is 6.51. The summed E-state index contributed by atoms with van der Waals surface area (Å²) in [5.41, 5.74) is 1.20. The quantitative estimate of drug-likeness (QED) is 0.784. The summed E-state index contributed by atoms with van der Waals surface area (Å²) in [6, 6.07) is 0. The van der Waals surface area contributed by atoms with E-state index < -0.39 is 0 Å². The van der Waals surface area contributed by atoms with Gasteiger partial charge in [0, 0.05) is 33.3 Å². The molecule has 1 aliphatic heterocycles. The van der Waals surface area contributed by atoms with Crippen LogP contribution in [0, 0.1) is 0 Å². The Morgan fingerprint density at radius 3 is 2.00 bits per heavy atom. The maximum atomic E-state index is 5.77. The molecule has 0 amide bonds. The molecule has 0 unspecified atom stereocenters. The van der Waals surface area contributed by atoms with Gasteiger partial charge in [0.2, 0.25) is 0 Å². The summed E-state index contributed by atoms with van der Waals surface area (Å²) >= 11 is 0. The van der Waals surface area contributed by atoms with Crippen LogP contribution in [0.1, 0.15) is 52.9 Å². The van der Waals surface area contributed by atoms with Crippen LogP contribution in [0.2, 0.25) is 0 Å². The molecule has 0 atom stereocenters. The molecule has 0 aromatic rings. The van der Waals surface area contributed by atoms with Crippen LogP contribution >= 0.6 is 0 Å². The van der Waals surface area contributed by atoms with Crippen molar-refractivity contribution in [1.82, 2.24) is 10.2 Å². The van der Waals surface area contributed by atoms with Crippen molar-refractivity contribution in [2.24, 2.45) is 0 Å². The molecule has 0 aromatic heterocycles. The van der Waals surface area contributed by atoms with Crippen LogP contribution < -0.4 is 5.32 Å². The molecule has 2 rings (SSSR count). The fourth-order valence-electron chi connectivity index (χ4n) is 2.61. The molecule has 2 fully saturated rings. The van der Waals surface area contributed by atoms with Gasteiger partial charge < -0.3 is 19.7 Å². The minimum atomic E-state index is 0.459. The Bertz CT molecular complexity index is 271. The number of hydrogen-bond donors (Lipinski definition) is 1. The molecular formula is C19H40N2O2. The second kappa shape index (κ2) is 15.1. The van der Waals surface area contributed by atoms with Crippen LogP contribution in [-0.2, 0) is 9.47 Å². The minimum absolute atomic E-state index is 0.459. The van der Waals surface area contributed by atoms with E-state index >= 15 is 0 Å². The molecule has 23 heavy (non-hydrogen) atoms. The number of nitrogens with zero attached hydrogens (tertiary/aromatic N) is 1. The summed E-state index contributed by atoms with van der Waals surface area (Å²) in [4.78, 5) is 2.33. The second-order valence-corrected chi connectivity index (χ2v) is 6.27. The van der Waals surface area contributed by atoms with Crippen molar-refractivity contribution in [3.05, 3.63) is 12.2 Å². The number of rotatable bonds is 5. The molecular weight excluding hydrogens is 288 g/mol. The third-order valence-electron chi connectivity index (χ3n) is 4.18. The molecule has 4 nitrogen and oxygen atoms in total. The van der Waals surface area contributed by atoms with Gasteiger partial charge in [0.05, 0.1) is 18.8 Å². The van der Waals surface area contributed by atoms with Gasteiger partial charge in [0.25, 0.3) is 0 Å². The molecule has 1 aliphatic carbocycles. The van der Waals surface area contributed by atoms with Gasteiger partial charge in [-0.1, -0.05) is 19.4 Å². The van der Waals surface area contributed by atoms with Gasteiger partial charge in [-0.3, -0.25) is 0 Å². The van der Waals surface area contributed by atoms with Gasteiger partial charge in [0.1, 0.15) is 0 Å². The fourth-order valence-corrected chi connectivity index (χ4v) is 2.61. The van der Waals surface area contributed by atoms with Crippen LogP contribution in [0.15, 0.2) is 12.2 Å². The van der Waals surface area contributed by atoms with E-state index in [-0.39, 0.29) is 0 Å². The van der Waals surface area contributed by atoms with Gasteiger partial charge in [0.15, 0.2) is 0 Å². The zero-order valence-corrected chi connectivity index (χ0v) is 16.2. The highest BCUT2D eigenvalue weighted by atomic mass is 16.5. The first-order chi connectivity index (χ1) is 11.1.